The number of imidazole rings is 1. The van der Waals surface area contributed by atoms with E-state index in [0.29, 0.717) is 34.1 Å². The number of methoxy groups -OCH3 is 1. The SMILES string of the molecule is COCCN1CCN(Cn2cnc3cnc4cc(F)c(-c5ccc(Oc6ncccn6)cc5Cl)cc4c32)CC1. The summed E-state index contributed by atoms with van der Waals surface area (Å²) in [6.45, 7) is 6.25. The van der Waals surface area contributed by atoms with Crippen molar-refractivity contribution in [2.24, 2.45) is 0 Å². The molecule has 4 heterocycles. The van der Waals surface area contributed by atoms with E-state index in [2.05, 4.69) is 34.3 Å². The van der Waals surface area contributed by atoms with Gasteiger partial charge in [0.2, 0.25) is 0 Å². The fourth-order valence-corrected chi connectivity index (χ4v) is 5.17. The third-order valence-electron chi connectivity index (χ3n) is 6.94. The van der Waals surface area contributed by atoms with Crippen molar-refractivity contribution in [2.45, 2.75) is 6.67 Å². The topological polar surface area (TPSA) is 81.4 Å². The van der Waals surface area contributed by atoms with Crippen molar-refractivity contribution in [1.82, 2.24) is 34.3 Å². The molecule has 0 amide bonds. The molecule has 1 aliphatic heterocycles. The molecule has 0 saturated carbocycles. The van der Waals surface area contributed by atoms with Gasteiger partial charge >= 0.3 is 6.01 Å². The minimum absolute atomic E-state index is 0.205. The van der Waals surface area contributed by atoms with Crippen LogP contribution < -0.4 is 4.74 Å². The largest absolute Gasteiger partial charge is 0.424 e. The van der Waals surface area contributed by atoms with Gasteiger partial charge in [0, 0.05) is 80.9 Å². The number of fused-ring (bicyclic) bond motifs is 3. The highest BCUT2D eigenvalue weighted by molar-refractivity contribution is 6.33. The van der Waals surface area contributed by atoms with Gasteiger partial charge in [-0.05, 0) is 24.3 Å². The van der Waals surface area contributed by atoms with Gasteiger partial charge in [-0.25, -0.2) is 19.3 Å². The minimum Gasteiger partial charge on any atom is -0.424 e. The van der Waals surface area contributed by atoms with E-state index >= 15 is 4.39 Å². The van der Waals surface area contributed by atoms with Gasteiger partial charge in [0.05, 0.1) is 41.9 Å². The number of aromatic nitrogens is 5. The van der Waals surface area contributed by atoms with E-state index in [1.807, 2.05) is 12.4 Å². The predicted octanol–water partition coefficient (Wildman–Crippen LogP) is 4.85. The number of pyridine rings is 1. The Hall–Kier alpha value is -3.70. The summed E-state index contributed by atoms with van der Waals surface area (Å²) in [4.78, 5) is 22.0. The first-order valence-electron chi connectivity index (χ1n) is 12.7. The van der Waals surface area contributed by atoms with E-state index in [-0.39, 0.29) is 6.01 Å². The maximum atomic E-state index is 15.4. The van der Waals surface area contributed by atoms with Gasteiger partial charge < -0.3 is 14.0 Å². The molecule has 6 rings (SSSR count). The van der Waals surface area contributed by atoms with Crippen molar-refractivity contribution >= 4 is 33.5 Å². The molecule has 9 nitrogen and oxygen atoms in total. The second kappa shape index (κ2) is 11.2. The Labute approximate surface area is 229 Å². The molecular weight excluding hydrogens is 521 g/mol. The fraction of sp³-hybridized carbons (Fsp3) is 0.286. The Bertz CT molecular complexity index is 1610. The lowest BCUT2D eigenvalue weighted by Crippen LogP contribution is -2.47. The van der Waals surface area contributed by atoms with Crippen LogP contribution in [0.5, 0.6) is 11.8 Å². The number of rotatable bonds is 8. The molecule has 0 aliphatic carbocycles. The Morgan fingerprint density at radius 2 is 1.72 bits per heavy atom. The van der Waals surface area contributed by atoms with Crippen LogP contribution in [0.1, 0.15) is 0 Å². The van der Waals surface area contributed by atoms with Crippen molar-refractivity contribution in [3.8, 4) is 22.9 Å². The lowest BCUT2D eigenvalue weighted by atomic mass is 10.0. The number of nitrogens with zero attached hydrogens (tertiary/aromatic N) is 7. The second-order valence-electron chi connectivity index (χ2n) is 9.42. The molecule has 1 fully saturated rings. The van der Waals surface area contributed by atoms with E-state index in [1.165, 1.54) is 6.07 Å². The van der Waals surface area contributed by atoms with Crippen LogP contribution in [0, 0.1) is 5.82 Å². The molecule has 0 spiro atoms. The minimum atomic E-state index is -0.408. The Kier molecular flexibility index (Phi) is 7.34. The van der Waals surface area contributed by atoms with Gasteiger partial charge in [0.25, 0.3) is 0 Å². The maximum Gasteiger partial charge on any atom is 0.321 e. The molecule has 0 bridgehead atoms. The lowest BCUT2D eigenvalue weighted by molar-refractivity contribution is 0.0830. The highest BCUT2D eigenvalue weighted by atomic mass is 35.5. The Balaban J connectivity index is 1.30. The monoisotopic (exact) mass is 547 g/mol. The van der Waals surface area contributed by atoms with Gasteiger partial charge in [0.1, 0.15) is 17.1 Å². The first-order chi connectivity index (χ1) is 19.1. The van der Waals surface area contributed by atoms with Crippen LogP contribution in [-0.4, -0.2) is 80.7 Å². The molecule has 200 valence electrons. The summed E-state index contributed by atoms with van der Waals surface area (Å²) in [6.07, 6.45) is 6.70. The number of hydrogen-bond acceptors (Lipinski definition) is 8. The molecule has 0 atom stereocenters. The van der Waals surface area contributed by atoms with E-state index in [1.54, 1.807) is 50.0 Å². The molecule has 0 radical (unpaired) electrons. The lowest BCUT2D eigenvalue weighted by Gasteiger charge is -2.34. The van der Waals surface area contributed by atoms with Gasteiger partial charge in [0.15, 0.2) is 0 Å². The Morgan fingerprint density at radius 1 is 0.923 bits per heavy atom. The predicted molar refractivity (Wildman–Crippen MR) is 147 cm³/mol. The average molecular weight is 548 g/mol. The van der Waals surface area contributed by atoms with Crippen molar-refractivity contribution in [1.29, 1.82) is 0 Å². The summed E-state index contributed by atoms with van der Waals surface area (Å²) in [5.74, 6) is 0.0511. The standard InChI is InChI=1S/C28H27ClFN7O2/c1-38-12-11-35-7-9-36(10-8-35)18-37-17-34-26-16-33-25-15-24(30)21(14-22(25)27(26)37)20-4-3-19(13-23(20)29)39-28-31-5-2-6-32-28/h2-6,13-17H,7-12,18H2,1H3. The third-order valence-corrected chi connectivity index (χ3v) is 7.26. The first-order valence-corrected chi connectivity index (χ1v) is 13.1. The fourth-order valence-electron chi connectivity index (χ4n) is 4.90. The summed E-state index contributed by atoms with van der Waals surface area (Å²) in [7, 11) is 1.73. The van der Waals surface area contributed by atoms with Crippen LogP contribution in [0.25, 0.3) is 33.1 Å². The normalized spacial score (nSPS) is 14.8. The molecule has 1 saturated heterocycles. The molecule has 1 aliphatic rings. The van der Waals surface area contributed by atoms with E-state index in [9.17, 15) is 0 Å². The summed E-state index contributed by atoms with van der Waals surface area (Å²) >= 11 is 6.61. The van der Waals surface area contributed by atoms with Gasteiger partial charge in [-0.3, -0.25) is 14.8 Å². The highest BCUT2D eigenvalue weighted by Crippen LogP contribution is 2.36. The highest BCUT2D eigenvalue weighted by Gasteiger charge is 2.20. The maximum absolute atomic E-state index is 15.4. The first kappa shape index (κ1) is 25.6. The van der Waals surface area contributed by atoms with Crippen LogP contribution in [0.2, 0.25) is 5.02 Å². The quantitative estimate of drug-likeness (QED) is 0.273. The molecule has 0 unspecified atom stereocenters. The number of ether oxygens (including phenoxy) is 2. The van der Waals surface area contributed by atoms with E-state index < -0.39 is 5.82 Å². The summed E-state index contributed by atoms with van der Waals surface area (Å²) in [6, 6.07) is 10.3. The summed E-state index contributed by atoms with van der Waals surface area (Å²) in [5, 5.41) is 1.16. The van der Waals surface area contributed by atoms with Crippen LogP contribution in [0.15, 0.2) is 61.3 Å². The summed E-state index contributed by atoms with van der Waals surface area (Å²) in [5.41, 5.74) is 3.17. The van der Waals surface area contributed by atoms with Crippen LogP contribution in [0.4, 0.5) is 4.39 Å². The van der Waals surface area contributed by atoms with Gasteiger partial charge in [-0.1, -0.05) is 11.6 Å². The van der Waals surface area contributed by atoms with Crippen molar-refractivity contribution < 1.29 is 13.9 Å². The molecule has 2 aromatic carbocycles. The summed E-state index contributed by atoms with van der Waals surface area (Å²) < 4.78 is 28.4. The van der Waals surface area contributed by atoms with Crippen molar-refractivity contribution in [3.63, 3.8) is 0 Å². The number of hydrogen-bond donors (Lipinski definition) is 0. The molecular formula is C28H27ClFN7O2. The molecule has 3 aromatic heterocycles. The van der Waals surface area contributed by atoms with Crippen LogP contribution in [0.3, 0.4) is 0 Å². The van der Waals surface area contributed by atoms with Gasteiger partial charge in [-0.15, -0.1) is 0 Å². The van der Waals surface area contributed by atoms with Crippen molar-refractivity contribution in [2.75, 3.05) is 46.4 Å². The molecule has 0 N–H and O–H groups in total. The molecule has 11 heteroatoms. The Morgan fingerprint density at radius 3 is 2.49 bits per heavy atom. The third kappa shape index (κ3) is 5.41. The molecule has 39 heavy (non-hydrogen) atoms. The zero-order valence-electron chi connectivity index (χ0n) is 21.4. The zero-order valence-corrected chi connectivity index (χ0v) is 22.2. The van der Waals surface area contributed by atoms with Gasteiger partial charge in [-0.2, -0.15) is 0 Å². The zero-order chi connectivity index (χ0) is 26.8. The van der Waals surface area contributed by atoms with Crippen LogP contribution in [-0.2, 0) is 11.4 Å². The van der Waals surface area contributed by atoms with E-state index in [4.69, 9.17) is 21.1 Å². The van der Waals surface area contributed by atoms with Crippen LogP contribution >= 0.6 is 11.6 Å². The smallest absolute Gasteiger partial charge is 0.321 e. The molecule has 5 aromatic rings. The number of benzene rings is 2. The van der Waals surface area contributed by atoms with E-state index in [0.717, 1.165) is 55.8 Å². The average Bonchev–Trinajstić information content (AvgIpc) is 3.36. The second-order valence-corrected chi connectivity index (χ2v) is 9.83. The number of halogens is 2. The van der Waals surface area contributed by atoms with Crippen molar-refractivity contribution in [3.05, 3.63) is 72.2 Å². The number of piperazine rings is 1.